The molecule has 0 spiro atoms. The molecular formula is C34H44N6O4. The van der Waals surface area contributed by atoms with Gasteiger partial charge in [0.2, 0.25) is 17.7 Å². The van der Waals surface area contributed by atoms with Crippen molar-refractivity contribution in [3.63, 3.8) is 0 Å². The average Bonchev–Trinajstić information content (AvgIpc) is 3.64. The van der Waals surface area contributed by atoms with E-state index in [1.807, 2.05) is 47.4 Å². The molecule has 10 nitrogen and oxygen atoms in total. The molecule has 4 bridgehead atoms. The molecule has 3 fully saturated rings. The standard InChI is InChI=1S/C34H44N6O4/c1-22(2)36-26-17-29-32(42)35-19-25-11-7-6-10-24(25)16-31(41)37-27-18-30(40(21-27)33(43)23-8-4-3-5-9-23)34(44)38-14-12-28(13-15-38)39(29)20-26/h3-11,22,26-30,36H,12-21H2,1-2H3,(H,35,42)(H,37,41)/t26-,27+,29-,30-/m0/s1. The van der Waals surface area contributed by atoms with Gasteiger partial charge in [-0.1, -0.05) is 56.3 Å². The number of fused-ring (bicyclic) bond motifs is 6. The van der Waals surface area contributed by atoms with Gasteiger partial charge in [0.05, 0.1) is 12.5 Å². The minimum Gasteiger partial charge on any atom is -0.351 e. The van der Waals surface area contributed by atoms with Gasteiger partial charge in [0.15, 0.2) is 0 Å². The van der Waals surface area contributed by atoms with E-state index in [2.05, 4.69) is 34.7 Å². The van der Waals surface area contributed by atoms with Gasteiger partial charge < -0.3 is 25.8 Å². The third-order valence-electron chi connectivity index (χ3n) is 9.61. The first kappa shape index (κ1) is 30.3. The summed E-state index contributed by atoms with van der Waals surface area (Å²) in [6.07, 6.45) is 2.81. The number of carbonyl (C=O) groups excluding carboxylic acids is 4. The molecule has 44 heavy (non-hydrogen) atoms. The van der Waals surface area contributed by atoms with Crippen molar-refractivity contribution in [2.24, 2.45) is 0 Å². The van der Waals surface area contributed by atoms with Gasteiger partial charge in [-0.15, -0.1) is 0 Å². The lowest BCUT2D eigenvalue weighted by Crippen LogP contribution is -2.54. The molecule has 2 aromatic carbocycles. The monoisotopic (exact) mass is 600 g/mol. The first-order valence-corrected chi connectivity index (χ1v) is 16.1. The second kappa shape index (κ2) is 13.1. The first-order chi connectivity index (χ1) is 21.3. The van der Waals surface area contributed by atoms with E-state index in [0.717, 1.165) is 36.9 Å². The van der Waals surface area contributed by atoms with E-state index in [4.69, 9.17) is 0 Å². The molecule has 5 aliphatic heterocycles. The molecular weight excluding hydrogens is 556 g/mol. The Kier molecular flexibility index (Phi) is 9.00. The van der Waals surface area contributed by atoms with Crippen LogP contribution < -0.4 is 16.0 Å². The number of benzene rings is 2. The predicted octanol–water partition coefficient (Wildman–Crippen LogP) is 1.69. The minimum absolute atomic E-state index is 0.00467. The number of piperidine rings is 1. The Bertz CT molecular complexity index is 1370. The van der Waals surface area contributed by atoms with Crippen LogP contribution in [-0.4, -0.2) is 101 Å². The minimum atomic E-state index is -0.638. The highest BCUT2D eigenvalue weighted by atomic mass is 16.2. The molecule has 3 saturated heterocycles. The second-order valence-electron chi connectivity index (χ2n) is 13.0. The zero-order valence-electron chi connectivity index (χ0n) is 25.7. The highest BCUT2D eigenvalue weighted by Crippen LogP contribution is 2.29. The van der Waals surface area contributed by atoms with E-state index in [1.54, 1.807) is 17.0 Å². The van der Waals surface area contributed by atoms with E-state index in [1.165, 1.54) is 0 Å². The zero-order valence-corrected chi connectivity index (χ0v) is 25.7. The number of carbonyl (C=O) groups is 4. The number of hydrogen-bond donors (Lipinski definition) is 3. The molecule has 0 aromatic heterocycles. The van der Waals surface area contributed by atoms with Crippen molar-refractivity contribution in [3.05, 3.63) is 71.3 Å². The number of hydrogen-bond acceptors (Lipinski definition) is 6. The van der Waals surface area contributed by atoms with Crippen LogP contribution in [0.25, 0.3) is 0 Å². The van der Waals surface area contributed by atoms with Gasteiger partial charge in [0.25, 0.3) is 5.91 Å². The summed E-state index contributed by atoms with van der Waals surface area (Å²) in [5, 5.41) is 9.92. The van der Waals surface area contributed by atoms with Crippen LogP contribution in [0.1, 0.15) is 61.0 Å². The summed E-state index contributed by atoms with van der Waals surface area (Å²) in [5.74, 6) is -0.420. The summed E-state index contributed by atoms with van der Waals surface area (Å²) in [6.45, 7) is 6.82. The van der Waals surface area contributed by atoms with Gasteiger partial charge in [0.1, 0.15) is 6.04 Å². The molecule has 0 unspecified atom stereocenters. The van der Waals surface area contributed by atoms with Crippen LogP contribution >= 0.6 is 0 Å². The van der Waals surface area contributed by atoms with Crippen LogP contribution in [0.4, 0.5) is 0 Å². The van der Waals surface area contributed by atoms with Gasteiger partial charge in [-0.2, -0.15) is 0 Å². The van der Waals surface area contributed by atoms with Crippen molar-refractivity contribution in [1.82, 2.24) is 30.7 Å². The van der Waals surface area contributed by atoms with E-state index in [0.29, 0.717) is 37.7 Å². The lowest BCUT2D eigenvalue weighted by molar-refractivity contribution is -0.137. The normalized spacial score (nSPS) is 28.2. The summed E-state index contributed by atoms with van der Waals surface area (Å²) >= 11 is 0. The Morgan fingerprint density at radius 3 is 2.32 bits per heavy atom. The first-order valence-electron chi connectivity index (χ1n) is 16.1. The molecule has 4 atom stereocenters. The van der Waals surface area contributed by atoms with Gasteiger partial charge in [0, 0.05) is 62.5 Å². The maximum Gasteiger partial charge on any atom is 0.254 e. The molecule has 10 heteroatoms. The molecule has 5 heterocycles. The van der Waals surface area contributed by atoms with Crippen LogP contribution in [-0.2, 0) is 27.3 Å². The average molecular weight is 601 g/mol. The van der Waals surface area contributed by atoms with Crippen molar-refractivity contribution in [1.29, 1.82) is 0 Å². The Hall–Kier alpha value is -3.76. The summed E-state index contributed by atoms with van der Waals surface area (Å²) in [5.41, 5.74) is 2.29. The predicted molar refractivity (Wildman–Crippen MR) is 167 cm³/mol. The number of nitrogens with zero attached hydrogens (tertiary/aromatic N) is 3. The molecule has 4 amide bonds. The van der Waals surface area contributed by atoms with E-state index in [9.17, 15) is 19.2 Å². The Morgan fingerprint density at radius 1 is 0.886 bits per heavy atom. The topological polar surface area (TPSA) is 114 Å². The molecule has 2 aromatic rings. The second-order valence-corrected chi connectivity index (χ2v) is 13.0. The number of likely N-dealkylation sites (tertiary alicyclic amines) is 1. The van der Waals surface area contributed by atoms with Gasteiger partial charge >= 0.3 is 0 Å². The Labute approximate surface area is 259 Å². The zero-order chi connectivity index (χ0) is 30.8. The summed E-state index contributed by atoms with van der Waals surface area (Å²) in [7, 11) is 0. The number of nitrogens with one attached hydrogen (secondary N) is 3. The summed E-state index contributed by atoms with van der Waals surface area (Å²) < 4.78 is 0. The van der Waals surface area contributed by atoms with Crippen molar-refractivity contribution in [3.8, 4) is 0 Å². The van der Waals surface area contributed by atoms with Crippen LogP contribution in [0.3, 0.4) is 0 Å². The fourth-order valence-corrected chi connectivity index (χ4v) is 7.54. The van der Waals surface area contributed by atoms with Crippen LogP contribution in [0.2, 0.25) is 0 Å². The van der Waals surface area contributed by atoms with Gasteiger partial charge in [-0.05, 0) is 48.9 Å². The molecule has 5 aliphatic rings. The van der Waals surface area contributed by atoms with Gasteiger partial charge in [-0.3, -0.25) is 24.1 Å². The van der Waals surface area contributed by atoms with E-state index >= 15 is 0 Å². The fraction of sp³-hybridized carbons (Fsp3) is 0.529. The number of amides is 4. The summed E-state index contributed by atoms with van der Waals surface area (Å²) in [6, 6.07) is 16.2. The lowest BCUT2D eigenvalue weighted by atomic mass is 10.00. The van der Waals surface area contributed by atoms with Crippen molar-refractivity contribution in [2.75, 3.05) is 26.2 Å². The highest BCUT2D eigenvalue weighted by molar-refractivity contribution is 5.98. The fourth-order valence-electron chi connectivity index (χ4n) is 7.54. The molecule has 7 rings (SSSR count). The summed E-state index contributed by atoms with van der Waals surface area (Å²) in [4.78, 5) is 60.5. The number of rotatable bonds is 3. The largest absolute Gasteiger partial charge is 0.351 e. The van der Waals surface area contributed by atoms with Crippen molar-refractivity contribution >= 4 is 23.6 Å². The lowest BCUT2D eigenvalue weighted by Gasteiger charge is -2.40. The van der Waals surface area contributed by atoms with E-state index in [-0.39, 0.29) is 60.8 Å². The molecule has 3 N–H and O–H groups in total. The smallest absolute Gasteiger partial charge is 0.254 e. The molecule has 0 aliphatic carbocycles. The van der Waals surface area contributed by atoms with Crippen LogP contribution in [0, 0.1) is 0 Å². The molecule has 0 radical (unpaired) electrons. The highest BCUT2D eigenvalue weighted by Gasteiger charge is 2.45. The SMILES string of the molecule is CC(C)N[C@H]1C[C@H]2C(=O)NCc3ccccc3CC(=O)N[C@@H]3C[C@@H](C(=O)N4CCC(CC4)N2C1)N(C(=O)c1ccccc1)C3. The quantitative estimate of drug-likeness (QED) is 0.494. The van der Waals surface area contributed by atoms with Crippen LogP contribution in [0.15, 0.2) is 54.6 Å². The maximum atomic E-state index is 14.0. The van der Waals surface area contributed by atoms with Crippen LogP contribution in [0.5, 0.6) is 0 Å². The molecule has 0 saturated carbocycles. The third-order valence-corrected chi connectivity index (χ3v) is 9.61. The third kappa shape index (κ3) is 6.51. The van der Waals surface area contributed by atoms with Crippen molar-refractivity contribution < 1.29 is 19.2 Å². The Morgan fingerprint density at radius 2 is 1.59 bits per heavy atom. The Balaban J connectivity index is 1.29. The molecule has 234 valence electrons. The van der Waals surface area contributed by atoms with E-state index < -0.39 is 6.04 Å². The van der Waals surface area contributed by atoms with Crippen molar-refractivity contribution in [2.45, 2.75) is 88.7 Å². The van der Waals surface area contributed by atoms with Gasteiger partial charge in [-0.25, -0.2) is 0 Å². The maximum absolute atomic E-state index is 14.0.